The lowest BCUT2D eigenvalue weighted by Gasteiger charge is -2.13. The number of hydrogen-bond acceptors (Lipinski definition) is 3. The van der Waals surface area contributed by atoms with Gasteiger partial charge in [0.15, 0.2) is 0 Å². The van der Waals surface area contributed by atoms with Gasteiger partial charge in [0.25, 0.3) is 0 Å². The third kappa shape index (κ3) is 3.13. The molecular weight excluding hydrogens is 251 g/mol. The van der Waals surface area contributed by atoms with Crippen LogP contribution in [0.15, 0.2) is 12.1 Å². The molecule has 0 spiro atoms. The van der Waals surface area contributed by atoms with E-state index in [1.165, 1.54) is 6.07 Å². The Morgan fingerprint density at radius 3 is 2.50 bits per heavy atom. The van der Waals surface area contributed by atoms with Gasteiger partial charge in [-0.05, 0) is 24.1 Å². The number of nitriles is 1. The highest BCUT2D eigenvalue weighted by Gasteiger charge is 2.33. The molecule has 0 aliphatic rings. The van der Waals surface area contributed by atoms with Crippen LogP contribution in [-0.4, -0.2) is 17.4 Å². The maximum absolute atomic E-state index is 12.1. The molecule has 1 aromatic carbocycles. The van der Waals surface area contributed by atoms with Gasteiger partial charge in [0.1, 0.15) is 17.4 Å². The van der Waals surface area contributed by atoms with Gasteiger partial charge in [0.2, 0.25) is 0 Å². The van der Waals surface area contributed by atoms with Gasteiger partial charge in [-0.3, -0.25) is 0 Å². The van der Waals surface area contributed by atoms with Crippen LogP contribution in [0.5, 0.6) is 5.75 Å². The summed E-state index contributed by atoms with van der Waals surface area (Å²) in [5.74, 6) is -2.27. The Hall–Kier alpha value is -2.23. The molecule has 96 valence electrons. The summed E-state index contributed by atoms with van der Waals surface area (Å²) in [5, 5.41) is 17.6. The maximum Gasteiger partial charge on any atom is 0.573 e. The van der Waals surface area contributed by atoms with Gasteiger partial charge < -0.3 is 9.84 Å². The van der Waals surface area contributed by atoms with E-state index >= 15 is 0 Å². The minimum atomic E-state index is -4.98. The lowest BCUT2D eigenvalue weighted by molar-refractivity contribution is -0.274. The highest BCUT2D eigenvalue weighted by molar-refractivity contribution is 5.92. The van der Waals surface area contributed by atoms with Crippen molar-refractivity contribution in [2.75, 3.05) is 0 Å². The number of aromatic carboxylic acids is 1. The van der Waals surface area contributed by atoms with Crippen molar-refractivity contribution in [3.8, 4) is 11.8 Å². The zero-order chi connectivity index (χ0) is 13.9. The van der Waals surface area contributed by atoms with Crippen molar-refractivity contribution in [2.24, 2.45) is 0 Å². The van der Waals surface area contributed by atoms with Gasteiger partial charge in [0, 0.05) is 0 Å². The zero-order valence-electron chi connectivity index (χ0n) is 9.21. The second kappa shape index (κ2) is 4.96. The molecule has 0 aromatic heterocycles. The molecule has 0 radical (unpaired) electrons. The number of rotatable bonds is 3. The minimum absolute atomic E-state index is 0.320. The molecule has 1 rings (SSSR count). The Balaban J connectivity index is 3.44. The Labute approximate surface area is 100 Å². The van der Waals surface area contributed by atoms with Crippen LogP contribution in [0.3, 0.4) is 0 Å². The average Bonchev–Trinajstić information content (AvgIpc) is 2.25. The molecule has 7 heteroatoms. The van der Waals surface area contributed by atoms with Crippen LogP contribution < -0.4 is 4.74 Å². The molecule has 0 amide bonds. The van der Waals surface area contributed by atoms with Crippen molar-refractivity contribution < 1.29 is 27.8 Å². The lowest BCUT2D eigenvalue weighted by Crippen LogP contribution is -2.19. The second-order valence-corrected chi connectivity index (χ2v) is 3.33. The number of carboxylic acids is 1. The predicted octanol–water partition coefficient (Wildman–Crippen LogP) is 2.72. The van der Waals surface area contributed by atoms with E-state index in [4.69, 9.17) is 10.4 Å². The summed E-state index contributed by atoms with van der Waals surface area (Å²) < 4.78 is 40.1. The standard InChI is InChI=1S/C11H8F3NO3/c1-2-6-3-7(10(16)17)8(5-15)9(4-6)18-11(12,13)14/h3-4H,2H2,1H3,(H,16,17). The monoisotopic (exact) mass is 259 g/mol. The number of hydrogen-bond donors (Lipinski definition) is 1. The van der Waals surface area contributed by atoms with Gasteiger partial charge in [0.05, 0.1) is 5.56 Å². The summed E-state index contributed by atoms with van der Waals surface area (Å²) in [6.45, 7) is 1.64. The molecule has 0 bridgehead atoms. The first-order chi connectivity index (χ1) is 8.28. The Bertz CT molecular complexity index is 517. The number of halogens is 3. The fourth-order valence-corrected chi connectivity index (χ4v) is 1.37. The van der Waals surface area contributed by atoms with Gasteiger partial charge in [-0.2, -0.15) is 5.26 Å². The second-order valence-electron chi connectivity index (χ2n) is 3.33. The molecular formula is C11H8F3NO3. The number of alkyl halides is 3. The fraction of sp³-hybridized carbons (Fsp3) is 0.273. The van der Waals surface area contributed by atoms with E-state index in [1.807, 2.05) is 0 Å². The van der Waals surface area contributed by atoms with Gasteiger partial charge in [-0.15, -0.1) is 13.2 Å². The van der Waals surface area contributed by atoms with Crippen LogP contribution in [-0.2, 0) is 6.42 Å². The summed E-state index contributed by atoms with van der Waals surface area (Å²) >= 11 is 0. The largest absolute Gasteiger partial charge is 0.573 e. The minimum Gasteiger partial charge on any atom is -0.478 e. The predicted molar refractivity (Wildman–Crippen MR) is 54.2 cm³/mol. The highest BCUT2D eigenvalue weighted by Crippen LogP contribution is 2.30. The highest BCUT2D eigenvalue weighted by atomic mass is 19.4. The number of nitrogens with zero attached hydrogens (tertiary/aromatic N) is 1. The van der Waals surface area contributed by atoms with Gasteiger partial charge >= 0.3 is 12.3 Å². The Morgan fingerprint density at radius 2 is 2.11 bits per heavy atom. The average molecular weight is 259 g/mol. The number of aryl methyl sites for hydroxylation is 1. The van der Waals surface area contributed by atoms with Crippen LogP contribution in [0, 0.1) is 11.3 Å². The van der Waals surface area contributed by atoms with Crippen molar-refractivity contribution in [1.29, 1.82) is 5.26 Å². The van der Waals surface area contributed by atoms with Gasteiger partial charge in [-0.25, -0.2) is 4.79 Å². The molecule has 1 N–H and O–H groups in total. The first-order valence-corrected chi connectivity index (χ1v) is 4.84. The zero-order valence-corrected chi connectivity index (χ0v) is 9.21. The van der Waals surface area contributed by atoms with Crippen molar-refractivity contribution >= 4 is 5.97 Å². The summed E-state index contributed by atoms with van der Waals surface area (Å²) in [7, 11) is 0. The van der Waals surface area contributed by atoms with E-state index in [1.54, 1.807) is 6.92 Å². The van der Waals surface area contributed by atoms with E-state index in [0.29, 0.717) is 12.0 Å². The molecule has 4 nitrogen and oxygen atoms in total. The summed E-state index contributed by atoms with van der Waals surface area (Å²) in [4.78, 5) is 10.9. The Morgan fingerprint density at radius 1 is 1.50 bits per heavy atom. The van der Waals surface area contributed by atoms with E-state index in [9.17, 15) is 18.0 Å². The molecule has 0 unspecified atom stereocenters. The van der Waals surface area contributed by atoms with E-state index in [-0.39, 0.29) is 0 Å². The summed E-state index contributed by atoms with van der Waals surface area (Å²) in [6, 6.07) is 3.58. The SMILES string of the molecule is CCc1cc(OC(F)(F)F)c(C#N)c(C(=O)O)c1. The number of ether oxygens (including phenoxy) is 1. The lowest BCUT2D eigenvalue weighted by atomic mass is 10.0. The van der Waals surface area contributed by atoms with E-state index in [2.05, 4.69) is 4.74 Å². The molecule has 0 saturated heterocycles. The number of benzene rings is 1. The normalized spacial score (nSPS) is 10.8. The topological polar surface area (TPSA) is 70.3 Å². The summed E-state index contributed by atoms with van der Waals surface area (Å²) in [6.07, 6.45) is -4.66. The smallest absolute Gasteiger partial charge is 0.478 e. The molecule has 0 heterocycles. The van der Waals surface area contributed by atoms with Crippen molar-refractivity contribution in [3.63, 3.8) is 0 Å². The quantitative estimate of drug-likeness (QED) is 0.905. The molecule has 0 atom stereocenters. The molecule has 0 aliphatic heterocycles. The van der Waals surface area contributed by atoms with Crippen LogP contribution >= 0.6 is 0 Å². The van der Waals surface area contributed by atoms with Crippen LogP contribution in [0.1, 0.15) is 28.4 Å². The van der Waals surface area contributed by atoms with Crippen molar-refractivity contribution in [1.82, 2.24) is 0 Å². The van der Waals surface area contributed by atoms with E-state index < -0.39 is 29.2 Å². The van der Waals surface area contributed by atoms with Crippen LogP contribution in [0.25, 0.3) is 0 Å². The first kappa shape index (κ1) is 13.8. The van der Waals surface area contributed by atoms with Crippen molar-refractivity contribution in [2.45, 2.75) is 19.7 Å². The molecule has 1 aromatic rings. The summed E-state index contributed by atoms with van der Waals surface area (Å²) in [5.41, 5.74) is -0.807. The first-order valence-electron chi connectivity index (χ1n) is 4.84. The molecule has 0 fully saturated rings. The van der Waals surface area contributed by atoms with Crippen molar-refractivity contribution in [3.05, 3.63) is 28.8 Å². The third-order valence-electron chi connectivity index (χ3n) is 2.14. The third-order valence-corrected chi connectivity index (χ3v) is 2.14. The number of carbonyl (C=O) groups is 1. The molecule has 0 saturated carbocycles. The maximum atomic E-state index is 12.1. The Kier molecular flexibility index (Phi) is 3.81. The molecule has 0 aliphatic carbocycles. The molecule has 18 heavy (non-hydrogen) atoms. The van der Waals surface area contributed by atoms with E-state index in [0.717, 1.165) is 12.1 Å². The van der Waals surface area contributed by atoms with Crippen LogP contribution in [0.4, 0.5) is 13.2 Å². The fourth-order valence-electron chi connectivity index (χ4n) is 1.37. The van der Waals surface area contributed by atoms with Crippen LogP contribution in [0.2, 0.25) is 0 Å². The number of carboxylic acid groups (broad SMARTS) is 1. The van der Waals surface area contributed by atoms with Gasteiger partial charge in [-0.1, -0.05) is 6.92 Å².